The summed E-state index contributed by atoms with van der Waals surface area (Å²) in [6, 6.07) is 7.50. The van der Waals surface area contributed by atoms with Crippen LogP contribution in [-0.2, 0) is 4.79 Å². The Labute approximate surface area is 81.6 Å². The van der Waals surface area contributed by atoms with E-state index in [1.54, 1.807) is 0 Å². The molecule has 2 atom stereocenters. The summed E-state index contributed by atoms with van der Waals surface area (Å²) >= 11 is 0. The fourth-order valence-corrected chi connectivity index (χ4v) is 1.85. The fourth-order valence-electron chi connectivity index (χ4n) is 1.85. The first-order valence-corrected chi connectivity index (χ1v) is 4.44. The minimum Gasteiger partial charge on any atom is -0.309 e. The molecule has 1 heterocycles. The minimum absolute atomic E-state index is 0.00486. The molecule has 0 spiro atoms. The molecule has 0 saturated heterocycles. The molecule has 4 heteroatoms. The molecule has 70 valence electrons. The quantitative estimate of drug-likeness (QED) is 0.685. The van der Waals surface area contributed by atoms with Crippen molar-refractivity contribution in [2.75, 3.05) is 5.32 Å². The van der Waals surface area contributed by atoms with Gasteiger partial charge in [-0.05, 0) is 18.6 Å². The number of anilines is 1. The van der Waals surface area contributed by atoms with Crippen molar-refractivity contribution in [1.82, 2.24) is 0 Å². The second kappa shape index (κ2) is 3.11. The molecular weight excluding hydrogens is 178 g/mol. The molecular formula is C10H10N3O+. The molecule has 1 aliphatic rings. The molecule has 0 saturated carbocycles. The lowest BCUT2D eigenvalue weighted by Crippen LogP contribution is -2.21. The molecule has 4 nitrogen and oxygen atoms in total. The van der Waals surface area contributed by atoms with Crippen LogP contribution in [0.5, 0.6) is 0 Å². The highest BCUT2D eigenvalue weighted by molar-refractivity contribution is 5.89. The van der Waals surface area contributed by atoms with Gasteiger partial charge in [0.05, 0.1) is 0 Å². The van der Waals surface area contributed by atoms with Crippen LogP contribution in [0.1, 0.15) is 18.4 Å². The van der Waals surface area contributed by atoms with Gasteiger partial charge in [-0.2, -0.15) is 0 Å². The van der Waals surface area contributed by atoms with Gasteiger partial charge in [0.1, 0.15) is 16.7 Å². The molecule has 0 bridgehead atoms. The van der Waals surface area contributed by atoms with Gasteiger partial charge in [-0.3, -0.25) is 4.79 Å². The van der Waals surface area contributed by atoms with E-state index in [1.807, 2.05) is 24.3 Å². The minimum atomic E-state index is -0.537. The normalized spacial score (nSPS) is 23.4. The highest BCUT2D eigenvalue weighted by Crippen LogP contribution is 2.36. The number of rotatable bonds is 1. The van der Waals surface area contributed by atoms with Crippen LogP contribution in [0, 0.1) is 5.39 Å². The number of nitrogens with one attached hydrogen (secondary N) is 1. The molecule has 0 radical (unpaired) electrons. The summed E-state index contributed by atoms with van der Waals surface area (Å²) in [5.74, 6) is -0.360. The van der Waals surface area contributed by atoms with Crippen molar-refractivity contribution in [3.63, 3.8) is 0 Å². The Bertz CT molecular complexity index is 422. The summed E-state index contributed by atoms with van der Waals surface area (Å²) in [5, 5.41) is 11.7. The van der Waals surface area contributed by atoms with Gasteiger partial charge in [0, 0.05) is 5.69 Å². The highest BCUT2D eigenvalue weighted by atomic mass is 16.1. The number of para-hydroxylation sites is 1. The van der Waals surface area contributed by atoms with Gasteiger partial charge < -0.3 is 5.32 Å². The second-order valence-corrected chi connectivity index (χ2v) is 3.38. The number of fused-ring (bicyclic) bond motifs is 1. The third kappa shape index (κ3) is 1.14. The van der Waals surface area contributed by atoms with Crippen molar-refractivity contribution in [3.05, 3.63) is 34.8 Å². The molecule has 1 aliphatic heterocycles. The lowest BCUT2D eigenvalue weighted by Gasteiger charge is -2.01. The Morgan fingerprint density at radius 3 is 2.86 bits per heavy atom. The van der Waals surface area contributed by atoms with Gasteiger partial charge in [-0.1, -0.05) is 18.2 Å². The number of Topliss-reactive ketones (excluding diaryl/α,β-unsaturated/α-hetero) is 1. The predicted octanol–water partition coefficient (Wildman–Crippen LogP) is 1.96. The largest absolute Gasteiger partial charge is 0.401 e. The Kier molecular flexibility index (Phi) is 1.93. The van der Waals surface area contributed by atoms with Gasteiger partial charge in [-0.15, -0.1) is 0 Å². The standard InChI is InChI=1S/C10H10N3O/c1-6(14)9-7-4-2-3-5-8(7)12-10(9)13-11/h2-5,9-10,12H,1H3/q+1. The van der Waals surface area contributed by atoms with Crippen LogP contribution in [-0.4, -0.2) is 11.9 Å². The highest BCUT2D eigenvalue weighted by Gasteiger charge is 2.44. The van der Waals surface area contributed by atoms with Gasteiger partial charge in [0.25, 0.3) is 0 Å². The number of benzene rings is 1. The summed E-state index contributed by atoms with van der Waals surface area (Å²) in [6.45, 7) is 1.51. The summed E-state index contributed by atoms with van der Waals surface area (Å²) in [4.78, 5) is 14.5. The number of hydrogen-bond donors (Lipinski definition) is 1. The second-order valence-electron chi connectivity index (χ2n) is 3.38. The van der Waals surface area contributed by atoms with E-state index in [1.165, 1.54) is 6.92 Å². The summed E-state index contributed by atoms with van der Waals surface area (Å²) in [6.07, 6.45) is -0.537. The average molecular weight is 188 g/mol. The van der Waals surface area contributed by atoms with E-state index in [9.17, 15) is 4.79 Å². The van der Waals surface area contributed by atoms with Gasteiger partial charge in [-0.25, -0.2) is 0 Å². The Hall–Kier alpha value is -1.89. The fraction of sp³-hybridized carbons (Fsp3) is 0.300. The van der Waals surface area contributed by atoms with Crippen molar-refractivity contribution >= 4 is 11.5 Å². The van der Waals surface area contributed by atoms with E-state index < -0.39 is 6.17 Å². The van der Waals surface area contributed by atoms with E-state index in [2.05, 4.69) is 10.3 Å². The smallest absolute Gasteiger partial charge is 0.309 e. The van der Waals surface area contributed by atoms with Crippen LogP contribution >= 0.6 is 0 Å². The lowest BCUT2D eigenvalue weighted by molar-refractivity contribution is -0.118. The molecule has 0 amide bonds. The van der Waals surface area contributed by atoms with Crippen molar-refractivity contribution in [1.29, 1.82) is 5.39 Å². The monoisotopic (exact) mass is 188 g/mol. The number of hydrogen-bond acceptors (Lipinski definition) is 3. The molecule has 1 aromatic carbocycles. The average Bonchev–Trinajstić information content (AvgIpc) is 2.55. The topological polar surface area (TPSA) is 57.2 Å². The van der Waals surface area contributed by atoms with E-state index in [0.717, 1.165) is 11.3 Å². The van der Waals surface area contributed by atoms with Gasteiger partial charge in [0.2, 0.25) is 5.39 Å². The van der Waals surface area contributed by atoms with Crippen LogP contribution in [0.2, 0.25) is 0 Å². The first-order valence-electron chi connectivity index (χ1n) is 4.44. The van der Waals surface area contributed by atoms with Crippen molar-refractivity contribution in [2.24, 2.45) is 0 Å². The molecule has 0 aromatic heterocycles. The van der Waals surface area contributed by atoms with Crippen molar-refractivity contribution in [2.45, 2.75) is 19.0 Å². The maximum Gasteiger partial charge on any atom is 0.401 e. The van der Waals surface area contributed by atoms with Crippen LogP contribution in [0.25, 0.3) is 4.98 Å². The molecule has 2 rings (SSSR count). The zero-order valence-electron chi connectivity index (χ0n) is 7.77. The maximum absolute atomic E-state index is 11.4. The number of carbonyl (C=O) groups is 1. The zero-order valence-corrected chi connectivity index (χ0v) is 7.77. The number of nitrogens with zero attached hydrogens (tertiary/aromatic N) is 2. The number of carbonyl (C=O) groups excluding carboxylic acids is 1. The van der Waals surface area contributed by atoms with Crippen LogP contribution in [0.4, 0.5) is 5.69 Å². The van der Waals surface area contributed by atoms with Gasteiger partial charge >= 0.3 is 6.17 Å². The third-order valence-corrected chi connectivity index (χ3v) is 2.48. The molecule has 14 heavy (non-hydrogen) atoms. The molecule has 1 aromatic rings. The van der Waals surface area contributed by atoms with Crippen LogP contribution in [0.3, 0.4) is 0 Å². The summed E-state index contributed by atoms with van der Waals surface area (Å²) in [5.41, 5.74) is 1.78. The van der Waals surface area contributed by atoms with Crippen molar-refractivity contribution < 1.29 is 4.79 Å². The van der Waals surface area contributed by atoms with Crippen LogP contribution < -0.4 is 5.32 Å². The lowest BCUT2D eigenvalue weighted by atomic mass is 9.96. The summed E-state index contributed by atoms with van der Waals surface area (Å²) in [7, 11) is 0. The number of ketones is 1. The molecule has 0 fully saturated rings. The third-order valence-electron chi connectivity index (χ3n) is 2.48. The Morgan fingerprint density at radius 1 is 1.50 bits per heavy atom. The molecule has 2 unspecified atom stereocenters. The first kappa shape index (κ1) is 8.70. The van der Waals surface area contributed by atoms with E-state index >= 15 is 0 Å². The molecule has 0 aliphatic carbocycles. The van der Waals surface area contributed by atoms with E-state index in [-0.39, 0.29) is 11.7 Å². The van der Waals surface area contributed by atoms with E-state index in [0.29, 0.717) is 0 Å². The maximum atomic E-state index is 11.4. The zero-order chi connectivity index (χ0) is 10.1. The number of diazo groups is 1. The molecule has 1 N–H and O–H groups in total. The predicted molar refractivity (Wildman–Crippen MR) is 52.4 cm³/mol. The Balaban J connectivity index is 2.48. The van der Waals surface area contributed by atoms with Crippen molar-refractivity contribution in [3.8, 4) is 0 Å². The summed E-state index contributed by atoms with van der Waals surface area (Å²) < 4.78 is 0. The first-order chi connectivity index (χ1) is 6.74. The van der Waals surface area contributed by atoms with Crippen LogP contribution in [0.15, 0.2) is 24.3 Å². The van der Waals surface area contributed by atoms with Gasteiger partial charge in [0.15, 0.2) is 0 Å². The Morgan fingerprint density at radius 2 is 2.21 bits per heavy atom. The van der Waals surface area contributed by atoms with E-state index in [4.69, 9.17) is 5.39 Å². The SMILES string of the molecule is CC(=O)C1c2ccccc2NC1[N+]#N.